The van der Waals surface area contributed by atoms with Gasteiger partial charge in [0.25, 0.3) is 14.4 Å². The fourth-order valence-corrected chi connectivity index (χ4v) is 3.51. The molecule has 8 nitrogen and oxygen atoms in total. The van der Waals surface area contributed by atoms with E-state index in [0.29, 0.717) is 5.69 Å². The van der Waals surface area contributed by atoms with Crippen molar-refractivity contribution in [3.05, 3.63) is 29.8 Å². The van der Waals surface area contributed by atoms with Crippen LogP contribution < -0.4 is 10.0 Å². The van der Waals surface area contributed by atoms with Gasteiger partial charge in [-0.25, -0.2) is 0 Å². The highest BCUT2D eigenvalue weighted by atomic mass is 32.2. The predicted octanol–water partition coefficient (Wildman–Crippen LogP) is 1.36. The summed E-state index contributed by atoms with van der Waals surface area (Å²) in [5.41, 5.74) is 1.13. The maximum Gasteiger partial charge on any atom is 0.291 e. The molecule has 0 atom stereocenters. The van der Waals surface area contributed by atoms with Gasteiger partial charge in [0, 0.05) is 12.6 Å². The molecule has 0 aliphatic heterocycles. The highest BCUT2D eigenvalue weighted by Crippen LogP contribution is 2.22. The molecule has 1 amide bonds. The summed E-state index contributed by atoms with van der Waals surface area (Å²) in [5, 5.41) is 18.2. The van der Waals surface area contributed by atoms with Gasteiger partial charge in [-0.15, -0.1) is 10.2 Å². The first-order valence-electron chi connectivity index (χ1n) is 6.00. The third-order valence-electron chi connectivity index (χ3n) is 2.41. The first kappa shape index (κ1) is 15.9. The number of rotatable bonds is 5. The van der Waals surface area contributed by atoms with Crippen molar-refractivity contribution >= 4 is 38.1 Å². The van der Waals surface area contributed by atoms with Crippen molar-refractivity contribution in [1.29, 1.82) is 5.26 Å². The van der Waals surface area contributed by atoms with E-state index >= 15 is 0 Å². The molecule has 22 heavy (non-hydrogen) atoms. The average Bonchev–Trinajstić information content (AvgIpc) is 2.89. The lowest BCUT2D eigenvalue weighted by molar-refractivity contribution is -0.114. The molecule has 0 bridgehead atoms. The number of nitriles is 1. The number of carbonyl (C=O) groups excluding carboxylic acids is 1. The van der Waals surface area contributed by atoms with Crippen molar-refractivity contribution in [2.45, 2.75) is 17.7 Å². The summed E-state index contributed by atoms with van der Waals surface area (Å²) in [6, 6.07) is 8.43. The maximum absolute atomic E-state index is 12.1. The van der Waals surface area contributed by atoms with Crippen molar-refractivity contribution in [2.24, 2.45) is 0 Å². The highest BCUT2D eigenvalue weighted by Gasteiger charge is 2.20. The minimum atomic E-state index is -3.87. The number of nitrogens with zero attached hydrogens (tertiary/aromatic N) is 3. The predicted molar refractivity (Wildman–Crippen MR) is 80.8 cm³/mol. The molecule has 0 saturated heterocycles. The number of nitrogens with one attached hydrogen (secondary N) is 2. The van der Waals surface area contributed by atoms with Crippen LogP contribution in [0.4, 0.5) is 10.8 Å². The molecule has 2 aromatic rings. The number of carbonyl (C=O) groups is 1. The zero-order chi connectivity index (χ0) is 16.2. The van der Waals surface area contributed by atoms with Crippen molar-refractivity contribution in [3.63, 3.8) is 0 Å². The second kappa shape index (κ2) is 6.50. The molecule has 0 aliphatic carbocycles. The van der Waals surface area contributed by atoms with Gasteiger partial charge in [-0.05, 0) is 17.7 Å². The Labute approximate surface area is 130 Å². The minimum absolute atomic E-state index is 0.109. The molecule has 0 spiro atoms. The van der Waals surface area contributed by atoms with E-state index in [9.17, 15) is 13.2 Å². The summed E-state index contributed by atoms with van der Waals surface area (Å²) in [6.07, 6.45) is 0.253. The van der Waals surface area contributed by atoms with E-state index in [1.54, 1.807) is 24.3 Å². The lowest BCUT2D eigenvalue weighted by Gasteiger charge is -2.05. The number of anilines is 2. The van der Waals surface area contributed by atoms with Gasteiger partial charge in [0.2, 0.25) is 11.0 Å². The van der Waals surface area contributed by atoms with Crippen molar-refractivity contribution < 1.29 is 13.2 Å². The third kappa shape index (κ3) is 4.00. The van der Waals surface area contributed by atoms with E-state index in [-0.39, 0.29) is 21.8 Å². The zero-order valence-corrected chi connectivity index (χ0v) is 13.0. The first-order chi connectivity index (χ1) is 10.4. The number of benzene rings is 1. The minimum Gasteiger partial charge on any atom is -0.301 e. The molecule has 0 radical (unpaired) electrons. The quantitative estimate of drug-likeness (QED) is 0.794. The van der Waals surface area contributed by atoms with Crippen LogP contribution in [0.2, 0.25) is 0 Å². The van der Waals surface area contributed by atoms with Crippen LogP contribution in [0.5, 0.6) is 0 Å². The molecule has 0 aliphatic rings. The fraction of sp³-hybridized carbons (Fsp3) is 0.167. The normalized spacial score (nSPS) is 10.7. The standard InChI is InChI=1S/C12H11N5O3S2/c1-8(18)14-11-15-16-12(21-11)22(19,20)17-10-4-2-9(3-5-10)6-7-13/h2-5,17H,6H2,1H3,(H,14,15,18). The van der Waals surface area contributed by atoms with Gasteiger partial charge in [0.05, 0.1) is 12.5 Å². The zero-order valence-electron chi connectivity index (χ0n) is 11.4. The summed E-state index contributed by atoms with van der Waals surface area (Å²) in [5.74, 6) is -0.360. The lowest BCUT2D eigenvalue weighted by Crippen LogP contribution is -2.12. The van der Waals surface area contributed by atoms with Crippen molar-refractivity contribution in [1.82, 2.24) is 10.2 Å². The van der Waals surface area contributed by atoms with Gasteiger partial charge in [0.1, 0.15) is 0 Å². The molecule has 1 aromatic heterocycles. The Bertz CT molecular complexity index is 821. The molecule has 1 aromatic carbocycles. The molecule has 0 unspecified atom stereocenters. The van der Waals surface area contributed by atoms with Crippen LogP contribution in [0.3, 0.4) is 0 Å². The molecule has 2 rings (SSSR count). The average molecular weight is 337 g/mol. The first-order valence-corrected chi connectivity index (χ1v) is 8.30. The molecular weight excluding hydrogens is 326 g/mol. The molecule has 114 valence electrons. The van der Waals surface area contributed by atoms with Crippen LogP contribution in [0.15, 0.2) is 28.6 Å². The maximum atomic E-state index is 12.1. The Hall–Kier alpha value is -2.51. The van der Waals surface area contributed by atoms with E-state index in [4.69, 9.17) is 5.26 Å². The third-order valence-corrected chi connectivity index (χ3v) is 5.00. The second-order valence-corrected chi connectivity index (χ2v) is 7.03. The van der Waals surface area contributed by atoms with Crippen LogP contribution >= 0.6 is 11.3 Å². The molecular formula is C12H11N5O3S2. The lowest BCUT2D eigenvalue weighted by atomic mass is 10.1. The van der Waals surface area contributed by atoms with E-state index in [2.05, 4.69) is 20.2 Å². The Kier molecular flexibility index (Phi) is 4.69. The molecule has 0 saturated carbocycles. The topological polar surface area (TPSA) is 125 Å². The van der Waals surface area contributed by atoms with Gasteiger partial charge in [-0.2, -0.15) is 13.7 Å². The summed E-state index contributed by atoms with van der Waals surface area (Å²) in [6.45, 7) is 1.29. The van der Waals surface area contributed by atoms with Gasteiger partial charge in [0.15, 0.2) is 0 Å². The Morgan fingerprint density at radius 2 is 2.00 bits per heavy atom. The second-order valence-electron chi connectivity index (χ2n) is 4.19. The number of sulfonamides is 1. The van der Waals surface area contributed by atoms with E-state index in [1.807, 2.05) is 6.07 Å². The Morgan fingerprint density at radius 3 is 2.59 bits per heavy atom. The van der Waals surface area contributed by atoms with Gasteiger partial charge in [-0.1, -0.05) is 23.5 Å². The van der Waals surface area contributed by atoms with Gasteiger partial charge >= 0.3 is 0 Å². The van der Waals surface area contributed by atoms with Crippen molar-refractivity contribution in [3.8, 4) is 6.07 Å². The fourth-order valence-electron chi connectivity index (χ4n) is 1.50. The summed E-state index contributed by atoms with van der Waals surface area (Å²) in [4.78, 5) is 10.9. The molecule has 0 fully saturated rings. The highest BCUT2D eigenvalue weighted by molar-refractivity contribution is 7.94. The molecule has 1 heterocycles. The summed E-state index contributed by atoms with van der Waals surface area (Å²) in [7, 11) is -3.87. The number of amides is 1. The Balaban J connectivity index is 2.15. The monoisotopic (exact) mass is 337 g/mol. The molecule has 2 N–H and O–H groups in total. The van der Waals surface area contributed by atoms with Crippen LogP contribution in [-0.2, 0) is 21.2 Å². The van der Waals surface area contributed by atoms with E-state index in [1.165, 1.54) is 6.92 Å². The van der Waals surface area contributed by atoms with Crippen LogP contribution in [-0.4, -0.2) is 24.5 Å². The van der Waals surface area contributed by atoms with E-state index in [0.717, 1.165) is 16.9 Å². The number of hydrogen-bond acceptors (Lipinski definition) is 7. The summed E-state index contributed by atoms with van der Waals surface area (Å²) >= 11 is 0.751. The van der Waals surface area contributed by atoms with Crippen LogP contribution in [0.1, 0.15) is 12.5 Å². The summed E-state index contributed by atoms with van der Waals surface area (Å²) < 4.78 is 26.4. The van der Waals surface area contributed by atoms with Crippen LogP contribution in [0, 0.1) is 11.3 Å². The van der Waals surface area contributed by atoms with Crippen molar-refractivity contribution in [2.75, 3.05) is 10.0 Å². The van der Waals surface area contributed by atoms with E-state index < -0.39 is 10.0 Å². The SMILES string of the molecule is CC(=O)Nc1nnc(S(=O)(=O)Nc2ccc(CC#N)cc2)s1. The Morgan fingerprint density at radius 1 is 1.32 bits per heavy atom. The van der Waals surface area contributed by atoms with Crippen LogP contribution in [0.25, 0.3) is 0 Å². The largest absolute Gasteiger partial charge is 0.301 e. The number of hydrogen-bond donors (Lipinski definition) is 2. The number of aromatic nitrogens is 2. The smallest absolute Gasteiger partial charge is 0.291 e. The van der Waals surface area contributed by atoms with Gasteiger partial charge in [-0.3, -0.25) is 9.52 Å². The van der Waals surface area contributed by atoms with Gasteiger partial charge < -0.3 is 5.32 Å². The molecule has 10 heteroatoms.